The van der Waals surface area contributed by atoms with Gasteiger partial charge in [0, 0.05) is 13.1 Å². The molecular formula is C15H21NO3. The Labute approximate surface area is 114 Å². The van der Waals surface area contributed by atoms with Gasteiger partial charge in [-0.05, 0) is 31.4 Å². The lowest BCUT2D eigenvalue weighted by molar-refractivity contribution is -0.144. The van der Waals surface area contributed by atoms with Gasteiger partial charge in [0.05, 0.1) is 6.10 Å². The maximum Gasteiger partial charge on any atom is 0.329 e. The van der Waals surface area contributed by atoms with Gasteiger partial charge >= 0.3 is 5.97 Å². The second-order valence-corrected chi connectivity index (χ2v) is 5.04. The molecule has 1 heterocycles. The summed E-state index contributed by atoms with van der Waals surface area (Å²) in [5, 5.41) is 8.68. The molecule has 1 saturated heterocycles. The maximum atomic E-state index is 10.6. The van der Waals surface area contributed by atoms with Crippen LogP contribution in [0.2, 0.25) is 0 Å². The van der Waals surface area contributed by atoms with Crippen molar-refractivity contribution in [2.24, 2.45) is 0 Å². The van der Waals surface area contributed by atoms with Crippen molar-refractivity contribution in [3.05, 3.63) is 35.9 Å². The van der Waals surface area contributed by atoms with Crippen molar-refractivity contribution in [3.63, 3.8) is 0 Å². The van der Waals surface area contributed by atoms with Gasteiger partial charge in [-0.25, -0.2) is 4.79 Å². The molecule has 1 fully saturated rings. The minimum atomic E-state index is -0.890. The number of ether oxygens (including phenoxy) is 1. The topological polar surface area (TPSA) is 49.8 Å². The Morgan fingerprint density at radius 3 is 2.84 bits per heavy atom. The predicted octanol–water partition coefficient (Wildman–Crippen LogP) is 2.14. The van der Waals surface area contributed by atoms with E-state index in [1.165, 1.54) is 5.56 Å². The molecule has 0 aliphatic carbocycles. The highest BCUT2D eigenvalue weighted by Gasteiger charge is 2.19. The fraction of sp³-hybridized carbons (Fsp3) is 0.533. The highest BCUT2D eigenvalue weighted by atomic mass is 16.5. The number of benzene rings is 1. The zero-order valence-corrected chi connectivity index (χ0v) is 11.1. The number of carboxylic acid groups (broad SMARTS) is 1. The summed E-state index contributed by atoms with van der Waals surface area (Å²) in [7, 11) is 0. The van der Waals surface area contributed by atoms with Crippen LogP contribution in [0.15, 0.2) is 30.3 Å². The number of hydrogen-bond acceptors (Lipinski definition) is 3. The summed E-state index contributed by atoms with van der Waals surface area (Å²) in [6, 6.07) is 10.4. The summed E-state index contributed by atoms with van der Waals surface area (Å²) in [4.78, 5) is 12.9. The molecule has 0 aromatic heterocycles. The lowest BCUT2D eigenvalue weighted by atomic mass is 10.2. The van der Waals surface area contributed by atoms with E-state index in [1.807, 2.05) is 18.2 Å². The number of nitrogens with zero attached hydrogens (tertiary/aromatic N) is 1. The van der Waals surface area contributed by atoms with Gasteiger partial charge < -0.3 is 9.84 Å². The van der Waals surface area contributed by atoms with E-state index in [0.29, 0.717) is 0 Å². The molecule has 4 heteroatoms. The lowest BCUT2D eigenvalue weighted by Crippen LogP contribution is -2.33. The molecule has 1 aromatic carbocycles. The first kappa shape index (κ1) is 14.0. The molecule has 1 unspecified atom stereocenters. The van der Waals surface area contributed by atoms with E-state index in [-0.39, 0.29) is 12.7 Å². The zero-order chi connectivity index (χ0) is 13.5. The molecule has 0 spiro atoms. The third kappa shape index (κ3) is 5.01. The predicted molar refractivity (Wildman–Crippen MR) is 72.9 cm³/mol. The van der Waals surface area contributed by atoms with Crippen molar-refractivity contribution in [2.75, 3.05) is 19.7 Å². The number of hydrogen-bond donors (Lipinski definition) is 1. The molecule has 2 rings (SSSR count). The molecule has 1 N–H and O–H groups in total. The number of rotatable bonds is 5. The smallest absolute Gasteiger partial charge is 0.329 e. The number of aliphatic carboxylic acids is 1. The minimum absolute atomic E-state index is 0.0438. The van der Waals surface area contributed by atoms with Gasteiger partial charge in [-0.2, -0.15) is 0 Å². The van der Waals surface area contributed by atoms with E-state index in [4.69, 9.17) is 9.84 Å². The van der Waals surface area contributed by atoms with Gasteiger partial charge in [-0.3, -0.25) is 4.90 Å². The Morgan fingerprint density at radius 1 is 1.32 bits per heavy atom. The average Bonchev–Trinajstić information content (AvgIpc) is 2.63. The van der Waals surface area contributed by atoms with E-state index in [2.05, 4.69) is 17.0 Å². The Bertz CT molecular complexity index is 394. The van der Waals surface area contributed by atoms with Crippen LogP contribution in [0.1, 0.15) is 24.8 Å². The largest absolute Gasteiger partial charge is 0.480 e. The molecule has 1 aromatic rings. The van der Waals surface area contributed by atoms with Crippen molar-refractivity contribution in [2.45, 2.75) is 31.9 Å². The standard InChI is InChI=1S/C15H21NO3/c17-15(18)12-19-14-8-4-5-9-16(11-14)10-13-6-2-1-3-7-13/h1-3,6-7,14H,4-5,8-12H2,(H,17,18). The molecule has 1 aliphatic heterocycles. The summed E-state index contributed by atoms with van der Waals surface area (Å²) in [5.41, 5.74) is 1.29. The summed E-state index contributed by atoms with van der Waals surface area (Å²) in [5.74, 6) is -0.890. The van der Waals surface area contributed by atoms with Crippen molar-refractivity contribution in [3.8, 4) is 0 Å². The highest BCUT2D eigenvalue weighted by Crippen LogP contribution is 2.16. The summed E-state index contributed by atoms with van der Waals surface area (Å²) in [6.45, 7) is 2.60. The quantitative estimate of drug-likeness (QED) is 0.884. The molecular weight excluding hydrogens is 242 g/mol. The van der Waals surface area contributed by atoms with Crippen LogP contribution in [0.3, 0.4) is 0 Å². The molecule has 1 aliphatic rings. The van der Waals surface area contributed by atoms with E-state index in [1.54, 1.807) is 0 Å². The Kier molecular flexibility index (Phi) is 5.36. The number of carboxylic acids is 1. The van der Waals surface area contributed by atoms with E-state index in [0.717, 1.165) is 38.9 Å². The van der Waals surface area contributed by atoms with Gasteiger partial charge in [-0.15, -0.1) is 0 Å². The Hall–Kier alpha value is -1.39. The number of likely N-dealkylation sites (tertiary alicyclic amines) is 1. The molecule has 1 atom stereocenters. The van der Waals surface area contributed by atoms with Gasteiger partial charge in [0.25, 0.3) is 0 Å². The SMILES string of the molecule is O=C(O)COC1CCCCN(Cc2ccccc2)C1. The lowest BCUT2D eigenvalue weighted by Gasteiger charge is -2.24. The summed E-state index contributed by atoms with van der Waals surface area (Å²) >= 11 is 0. The van der Waals surface area contributed by atoms with Gasteiger partial charge in [0.1, 0.15) is 6.61 Å². The molecule has 19 heavy (non-hydrogen) atoms. The van der Waals surface area contributed by atoms with Crippen LogP contribution in [0, 0.1) is 0 Å². The third-order valence-electron chi connectivity index (χ3n) is 3.40. The average molecular weight is 263 g/mol. The molecule has 4 nitrogen and oxygen atoms in total. The first-order valence-electron chi connectivity index (χ1n) is 6.84. The van der Waals surface area contributed by atoms with Crippen LogP contribution in [0.25, 0.3) is 0 Å². The van der Waals surface area contributed by atoms with Gasteiger partial charge in [0.15, 0.2) is 0 Å². The normalized spacial score (nSPS) is 20.9. The Balaban J connectivity index is 1.87. The Morgan fingerprint density at radius 2 is 2.11 bits per heavy atom. The first-order chi connectivity index (χ1) is 9.24. The molecule has 0 saturated carbocycles. The van der Waals surface area contributed by atoms with Crippen molar-refractivity contribution < 1.29 is 14.6 Å². The minimum Gasteiger partial charge on any atom is -0.480 e. The fourth-order valence-corrected chi connectivity index (χ4v) is 2.49. The van der Waals surface area contributed by atoms with Crippen LogP contribution in [-0.4, -0.2) is 41.8 Å². The summed E-state index contributed by atoms with van der Waals surface area (Å²) in [6.07, 6.45) is 3.26. The third-order valence-corrected chi connectivity index (χ3v) is 3.40. The van der Waals surface area contributed by atoms with Crippen LogP contribution >= 0.6 is 0 Å². The van der Waals surface area contributed by atoms with Crippen molar-refractivity contribution >= 4 is 5.97 Å². The molecule has 0 radical (unpaired) electrons. The van der Waals surface area contributed by atoms with Crippen LogP contribution in [0.4, 0.5) is 0 Å². The van der Waals surface area contributed by atoms with Gasteiger partial charge in [0.2, 0.25) is 0 Å². The van der Waals surface area contributed by atoms with Crippen LogP contribution < -0.4 is 0 Å². The second-order valence-electron chi connectivity index (χ2n) is 5.04. The molecule has 104 valence electrons. The first-order valence-corrected chi connectivity index (χ1v) is 6.84. The van der Waals surface area contributed by atoms with E-state index >= 15 is 0 Å². The van der Waals surface area contributed by atoms with Crippen molar-refractivity contribution in [1.82, 2.24) is 4.90 Å². The zero-order valence-electron chi connectivity index (χ0n) is 11.1. The van der Waals surface area contributed by atoms with Crippen molar-refractivity contribution in [1.29, 1.82) is 0 Å². The van der Waals surface area contributed by atoms with E-state index < -0.39 is 5.97 Å². The van der Waals surface area contributed by atoms with Crippen LogP contribution in [-0.2, 0) is 16.1 Å². The highest BCUT2D eigenvalue weighted by molar-refractivity contribution is 5.68. The van der Waals surface area contributed by atoms with E-state index in [9.17, 15) is 4.79 Å². The second kappa shape index (κ2) is 7.26. The maximum absolute atomic E-state index is 10.6. The summed E-state index contributed by atoms with van der Waals surface area (Å²) < 4.78 is 5.45. The molecule has 0 amide bonds. The van der Waals surface area contributed by atoms with Gasteiger partial charge in [-0.1, -0.05) is 30.3 Å². The monoisotopic (exact) mass is 263 g/mol. The molecule has 0 bridgehead atoms. The van der Waals surface area contributed by atoms with Crippen LogP contribution in [0.5, 0.6) is 0 Å². The fourth-order valence-electron chi connectivity index (χ4n) is 2.49. The number of carbonyl (C=O) groups is 1.